The molecule has 0 spiro atoms. The monoisotopic (exact) mass is 544 g/mol. The van der Waals surface area contributed by atoms with E-state index in [-0.39, 0.29) is 11.8 Å². The van der Waals surface area contributed by atoms with Gasteiger partial charge in [-0.05, 0) is 47.2 Å². The Bertz CT molecular complexity index is 1350. The Morgan fingerprint density at radius 2 is 1.75 bits per heavy atom. The lowest BCUT2D eigenvalue weighted by Gasteiger charge is -2.40. The Hall–Kier alpha value is -4.33. The number of carbonyl (C=O) groups excluding carboxylic acids is 1. The van der Waals surface area contributed by atoms with Crippen molar-refractivity contribution in [2.45, 2.75) is 45.1 Å². The minimum Gasteiger partial charge on any atom is -0.492 e. The Morgan fingerprint density at radius 1 is 1.02 bits per heavy atom. The van der Waals surface area contributed by atoms with Gasteiger partial charge in [0.1, 0.15) is 25.2 Å². The molecule has 1 heterocycles. The summed E-state index contributed by atoms with van der Waals surface area (Å²) in [5.41, 5.74) is 6.02. The lowest BCUT2D eigenvalue weighted by molar-refractivity contribution is -0.162. The number of aliphatic carboxylic acids is 1. The molecule has 0 bridgehead atoms. The SMILES string of the molecule is CO/N=C(\c1ccccc1)c1ccc2c(c1)C(C)(C)CCN2CCOc1ccc(CC(OC(C)=O)C(=O)O)cc1. The van der Waals surface area contributed by atoms with Crippen molar-refractivity contribution >= 4 is 23.3 Å². The van der Waals surface area contributed by atoms with E-state index in [9.17, 15) is 14.7 Å². The molecule has 1 atom stereocenters. The molecule has 0 radical (unpaired) electrons. The van der Waals surface area contributed by atoms with Gasteiger partial charge in [0.25, 0.3) is 0 Å². The second-order valence-electron chi connectivity index (χ2n) is 10.5. The molecule has 0 amide bonds. The minimum atomic E-state index is -1.21. The van der Waals surface area contributed by atoms with Gasteiger partial charge >= 0.3 is 11.9 Å². The largest absolute Gasteiger partial charge is 0.492 e. The van der Waals surface area contributed by atoms with Gasteiger partial charge in [-0.3, -0.25) is 4.79 Å². The molecule has 3 aromatic rings. The molecule has 1 aliphatic heterocycles. The minimum absolute atomic E-state index is 0.00726. The summed E-state index contributed by atoms with van der Waals surface area (Å²) in [6, 6.07) is 23.7. The van der Waals surface area contributed by atoms with Crippen LogP contribution in [0.2, 0.25) is 0 Å². The van der Waals surface area contributed by atoms with Crippen molar-refractivity contribution in [1.82, 2.24) is 0 Å². The normalized spacial score (nSPS) is 15.1. The van der Waals surface area contributed by atoms with E-state index in [0.29, 0.717) is 12.4 Å². The number of hydrogen-bond donors (Lipinski definition) is 1. The van der Waals surface area contributed by atoms with E-state index < -0.39 is 18.0 Å². The predicted molar refractivity (Wildman–Crippen MR) is 154 cm³/mol. The van der Waals surface area contributed by atoms with Crippen LogP contribution < -0.4 is 9.64 Å². The molecule has 1 unspecified atom stereocenters. The Kier molecular flexibility index (Phi) is 9.09. The number of rotatable bonds is 11. The van der Waals surface area contributed by atoms with Crippen molar-refractivity contribution in [2.24, 2.45) is 5.16 Å². The number of benzene rings is 3. The summed E-state index contributed by atoms with van der Waals surface area (Å²) in [5.74, 6) is -1.10. The van der Waals surface area contributed by atoms with Gasteiger partial charge in [0.15, 0.2) is 0 Å². The fourth-order valence-electron chi connectivity index (χ4n) is 4.95. The fourth-order valence-corrected chi connectivity index (χ4v) is 4.95. The molecule has 210 valence electrons. The Balaban J connectivity index is 1.43. The number of nitrogens with zero attached hydrogens (tertiary/aromatic N) is 2. The highest BCUT2D eigenvalue weighted by Gasteiger charge is 2.32. The molecule has 1 aliphatic rings. The molecule has 0 aromatic heterocycles. The van der Waals surface area contributed by atoms with Crippen molar-refractivity contribution in [2.75, 3.05) is 31.7 Å². The van der Waals surface area contributed by atoms with E-state index >= 15 is 0 Å². The Labute approximate surface area is 235 Å². The average Bonchev–Trinajstić information content (AvgIpc) is 2.93. The molecule has 0 saturated carbocycles. The summed E-state index contributed by atoms with van der Waals surface area (Å²) in [7, 11) is 1.57. The third-order valence-electron chi connectivity index (χ3n) is 7.13. The van der Waals surface area contributed by atoms with E-state index in [1.807, 2.05) is 42.5 Å². The molecular formula is C32H36N2O6. The molecule has 8 heteroatoms. The van der Waals surface area contributed by atoms with Crippen molar-refractivity contribution in [3.63, 3.8) is 0 Å². The maximum absolute atomic E-state index is 11.4. The summed E-state index contributed by atoms with van der Waals surface area (Å²) in [6.07, 6.45) is -0.107. The number of esters is 1. The zero-order chi connectivity index (χ0) is 28.7. The van der Waals surface area contributed by atoms with E-state index in [0.717, 1.165) is 41.9 Å². The first-order valence-corrected chi connectivity index (χ1v) is 13.4. The van der Waals surface area contributed by atoms with Crippen molar-refractivity contribution in [3.8, 4) is 5.75 Å². The first kappa shape index (κ1) is 28.7. The topological polar surface area (TPSA) is 97.7 Å². The van der Waals surface area contributed by atoms with E-state index in [4.69, 9.17) is 14.3 Å². The summed E-state index contributed by atoms with van der Waals surface area (Å²) < 4.78 is 10.9. The highest BCUT2D eigenvalue weighted by molar-refractivity contribution is 6.13. The molecule has 4 rings (SSSR count). The number of carboxylic acids is 1. The molecule has 8 nitrogen and oxygen atoms in total. The molecular weight excluding hydrogens is 508 g/mol. The van der Waals surface area contributed by atoms with Gasteiger partial charge in [-0.15, -0.1) is 0 Å². The average molecular weight is 545 g/mol. The molecule has 3 aromatic carbocycles. The van der Waals surface area contributed by atoms with Crippen LogP contribution in [0, 0.1) is 0 Å². The summed E-state index contributed by atoms with van der Waals surface area (Å²) in [6.45, 7) is 7.88. The van der Waals surface area contributed by atoms with E-state index in [2.05, 4.69) is 42.1 Å². The summed E-state index contributed by atoms with van der Waals surface area (Å²) in [5, 5.41) is 13.6. The van der Waals surface area contributed by atoms with Crippen LogP contribution in [-0.2, 0) is 31.0 Å². The van der Waals surface area contributed by atoms with Crippen LogP contribution in [0.4, 0.5) is 5.69 Å². The fraction of sp³-hybridized carbons (Fsp3) is 0.344. The first-order valence-electron chi connectivity index (χ1n) is 13.4. The van der Waals surface area contributed by atoms with Crippen LogP contribution in [0.3, 0.4) is 0 Å². The predicted octanol–water partition coefficient (Wildman–Crippen LogP) is 5.21. The number of carboxylic acid groups (broad SMARTS) is 1. The number of hydrogen-bond acceptors (Lipinski definition) is 7. The number of carbonyl (C=O) groups is 2. The quantitative estimate of drug-likeness (QED) is 0.201. The maximum Gasteiger partial charge on any atom is 0.345 e. The van der Waals surface area contributed by atoms with Gasteiger partial charge in [0.2, 0.25) is 6.10 Å². The van der Waals surface area contributed by atoms with Crippen LogP contribution in [0.15, 0.2) is 78.0 Å². The lowest BCUT2D eigenvalue weighted by Crippen LogP contribution is -2.39. The van der Waals surface area contributed by atoms with Gasteiger partial charge in [0.05, 0.1) is 6.54 Å². The first-order chi connectivity index (χ1) is 19.2. The standard InChI is InChI=1S/C32H36N2O6/c1-22(35)40-29(31(36)37)20-23-10-13-26(14-11-23)39-19-18-34-17-16-32(2,3)27-21-25(12-15-28(27)34)30(33-38-4)24-8-6-5-7-9-24/h5-15,21,29H,16-20H2,1-4H3,(H,36,37)/b33-30+. The highest BCUT2D eigenvalue weighted by Crippen LogP contribution is 2.40. The van der Waals surface area contributed by atoms with E-state index in [1.165, 1.54) is 18.2 Å². The second kappa shape index (κ2) is 12.7. The second-order valence-corrected chi connectivity index (χ2v) is 10.5. The van der Waals surface area contributed by atoms with E-state index in [1.54, 1.807) is 19.2 Å². The van der Waals surface area contributed by atoms with Crippen LogP contribution in [0.25, 0.3) is 0 Å². The number of fused-ring (bicyclic) bond motifs is 1. The molecule has 1 N–H and O–H groups in total. The maximum atomic E-state index is 11.4. The molecule has 0 aliphatic carbocycles. The van der Waals surface area contributed by atoms with Crippen LogP contribution in [-0.4, -0.2) is 55.7 Å². The Morgan fingerprint density at radius 3 is 2.40 bits per heavy atom. The van der Waals surface area contributed by atoms with Crippen LogP contribution >= 0.6 is 0 Å². The molecule has 0 fully saturated rings. The third kappa shape index (κ3) is 7.00. The number of oxime groups is 1. The molecule has 0 saturated heterocycles. The number of anilines is 1. The van der Waals surface area contributed by atoms with Gasteiger partial charge in [-0.1, -0.05) is 67.5 Å². The van der Waals surface area contributed by atoms with Gasteiger partial charge in [-0.25, -0.2) is 4.79 Å². The van der Waals surface area contributed by atoms with Gasteiger partial charge in [-0.2, -0.15) is 0 Å². The van der Waals surface area contributed by atoms with Gasteiger partial charge in [0, 0.05) is 36.7 Å². The number of ether oxygens (including phenoxy) is 2. The zero-order valence-corrected chi connectivity index (χ0v) is 23.4. The third-order valence-corrected chi connectivity index (χ3v) is 7.13. The van der Waals surface area contributed by atoms with Crippen LogP contribution in [0.5, 0.6) is 5.75 Å². The van der Waals surface area contributed by atoms with Crippen molar-refractivity contribution < 1.29 is 29.0 Å². The zero-order valence-electron chi connectivity index (χ0n) is 23.4. The van der Waals surface area contributed by atoms with Crippen LogP contribution in [0.1, 0.15) is 49.4 Å². The summed E-state index contributed by atoms with van der Waals surface area (Å²) >= 11 is 0. The lowest BCUT2D eigenvalue weighted by atomic mass is 9.76. The van der Waals surface area contributed by atoms with Crippen molar-refractivity contribution in [3.05, 3.63) is 95.1 Å². The smallest absolute Gasteiger partial charge is 0.345 e. The summed E-state index contributed by atoms with van der Waals surface area (Å²) in [4.78, 5) is 30.1. The molecule has 40 heavy (non-hydrogen) atoms. The van der Waals surface area contributed by atoms with Crippen molar-refractivity contribution in [1.29, 1.82) is 0 Å². The van der Waals surface area contributed by atoms with Gasteiger partial charge < -0.3 is 24.3 Å². The highest BCUT2D eigenvalue weighted by atomic mass is 16.6.